The largest absolute Gasteiger partial charge is 0.342 e. The number of carbonyl (C=O) groups excluding carboxylic acids is 1. The van der Waals surface area contributed by atoms with Crippen molar-refractivity contribution in [3.05, 3.63) is 53.5 Å². The Hall–Kier alpha value is -2.38. The maximum atomic E-state index is 12.8. The van der Waals surface area contributed by atoms with Gasteiger partial charge in [-0.25, -0.2) is 9.97 Å². The van der Waals surface area contributed by atoms with Crippen LogP contribution < -0.4 is 0 Å². The fraction of sp³-hybridized carbons (Fsp3) is 0.348. The highest BCUT2D eigenvalue weighted by Gasteiger charge is 2.26. The molecular weight excluding hydrogens is 412 g/mol. The number of nitrogens with zero attached hydrogens (tertiary/aromatic N) is 3. The van der Waals surface area contributed by atoms with Crippen LogP contribution in [0, 0.1) is 0 Å². The van der Waals surface area contributed by atoms with Crippen molar-refractivity contribution in [2.45, 2.75) is 36.8 Å². The number of benzene rings is 2. The van der Waals surface area contributed by atoms with Crippen molar-refractivity contribution in [2.24, 2.45) is 0 Å². The van der Waals surface area contributed by atoms with Crippen LogP contribution in [0.4, 0.5) is 0 Å². The number of aromatic nitrogens is 3. The SMILES string of the molecule is O=C(CCCSc1nc2ccccc2[nH]1)N1CCCC(c2nc3ccccc3s2)C1. The summed E-state index contributed by atoms with van der Waals surface area (Å²) in [5.41, 5.74) is 3.12. The van der Waals surface area contributed by atoms with Crippen LogP contribution >= 0.6 is 23.1 Å². The number of para-hydroxylation sites is 3. The van der Waals surface area contributed by atoms with E-state index in [4.69, 9.17) is 4.98 Å². The van der Waals surface area contributed by atoms with Crippen molar-refractivity contribution in [3.8, 4) is 0 Å². The van der Waals surface area contributed by atoms with Gasteiger partial charge >= 0.3 is 0 Å². The molecule has 7 heteroatoms. The van der Waals surface area contributed by atoms with Gasteiger partial charge in [-0.2, -0.15) is 0 Å². The zero-order valence-corrected chi connectivity index (χ0v) is 18.3. The van der Waals surface area contributed by atoms with Gasteiger partial charge in [-0.3, -0.25) is 4.79 Å². The third kappa shape index (κ3) is 4.23. The molecule has 1 unspecified atom stereocenters. The molecule has 5 nitrogen and oxygen atoms in total. The fourth-order valence-electron chi connectivity index (χ4n) is 4.02. The second-order valence-electron chi connectivity index (χ2n) is 7.71. The Kier molecular flexibility index (Phi) is 5.73. The van der Waals surface area contributed by atoms with E-state index in [1.165, 1.54) is 9.71 Å². The van der Waals surface area contributed by atoms with E-state index in [1.54, 1.807) is 23.1 Å². The Morgan fingerprint density at radius 1 is 1.13 bits per heavy atom. The minimum Gasteiger partial charge on any atom is -0.342 e. The highest BCUT2D eigenvalue weighted by molar-refractivity contribution is 7.99. The van der Waals surface area contributed by atoms with E-state index in [0.29, 0.717) is 12.3 Å². The molecule has 3 heterocycles. The predicted octanol–water partition coefficient (Wildman–Crippen LogP) is 5.45. The summed E-state index contributed by atoms with van der Waals surface area (Å²) in [4.78, 5) is 27.6. The summed E-state index contributed by atoms with van der Waals surface area (Å²) in [5.74, 6) is 1.52. The van der Waals surface area contributed by atoms with Crippen LogP contribution in [0.5, 0.6) is 0 Å². The first-order valence-electron chi connectivity index (χ1n) is 10.5. The Bertz CT molecular complexity index is 1100. The molecule has 1 saturated heterocycles. The van der Waals surface area contributed by atoms with Gasteiger partial charge in [-0.15, -0.1) is 11.3 Å². The van der Waals surface area contributed by atoms with E-state index in [9.17, 15) is 4.79 Å². The highest BCUT2D eigenvalue weighted by atomic mass is 32.2. The number of thioether (sulfide) groups is 1. The molecule has 0 bridgehead atoms. The summed E-state index contributed by atoms with van der Waals surface area (Å²) < 4.78 is 1.23. The summed E-state index contributed by atoms with van der Waals surface area (Å²) in [5, 5.41) is 2.10. The van der Waals surface area contributed by atoms with Crippen molar-refractivity contribution >= 4 is 50.3 Å². The smallest absolute Gasteiger partial charge is 0.222 e. The number of hydrogen-bond donors (Lipinski definition) is 1. The maximum absolute atomic E-state index is 12.8. The average Bonchev–Trinajstić information content (AvgIpc) is 3.40. The van der Waals surface area contributed by atoms with E-state index in [2.05, 4.69) is 28.2 Å². The van der Waals surface area contributed by atoms with Crippen molar-refractivity contribution in [1.29, 1.82) is 0 Å². The quantitative estimate of drug-likeness (QED) is 0.322. The molecule has 0 spiro atoms. The minimum absolute atomic E-state index is 0.269. The first-order valence-corrected chi connectivity index (χ1v) is 12.3. The molecule has 1 fully saturated rings. The van der Waals surface area contributed by atoms with Gasteiger partial charge in [-0.1, -0.05) is 36.0 Å². The molecule has 5 rings (SSSR count). The van der Waals surface area contributed by atoms with Crippen LogP contribution in [-0.4, -0.2) is 44.6 Å². The molecule has 2 aromatic carbocycles. The summed E-state index contributed by atoms with van der Waals surface area (Å²) >= 11 is 3.46. The van der Waals surface area contributed by atoms with Gasteiger partial charge in [0, 0.05) is 31.2 Å². The molecule has 1 atom stereocenters. The number of carbonyl (C=O) groups is 1. The van der Waals surface area contributed by atoms with Gasteiger partial charge in [0.25, 0.3) is 0 Å². The molecule has 0 radical (unpaired) electrons. The number of hydrogen-bond acceptors (Lipinski definition) is 5. The normalized spacial score (nSPS) is 17.1. The van der Waals surface area contributed by atoms with E-state index in [0.717, 1.165) is 59.8 Å². The molecule has 1 aliphatic heterocycles. The Morgan fingerprint density at radius 3 is 2.83 bits per heavy atom. The molecule has 4 aromatic rings. The molecule has 1 aliphatic rings. The van der Waals surface area contributed by atoms with Gasteiger partial charge < -0.3 is 9.88 Å². The third-order valence-corrected chi connectivity index (χ3v) is 7.73. The van der Waals surface area contributed by atoms with Crippen LogP contribution in [0.1, 0.15) is 36.6 Å². The Balaban J connectivity index is 1.13. The summed E-state index contributed by atoms with van der Waals surface area (Å²) in [6.07, 6.45) is 3.63. The van der Waals surface area contributed by atoms with Crippen LogP contribution in [0.25, 0.3) is 21.3 Å². The van der Waals surface area contributed by atoms with Crippen molar-refractivity contribution in [3.63, 3.8) is 0 Å². The maximum Gasteiger partial charge on any atom is 0.222 e. The van der Waals surface area contributed by atoms with Crippen molar-refractivity contribution in [2.75, 3.05) is 18.8 Å². The Labute approximate surface area is 183 Å². The molecule has 154 valence electrons. The highest BCUT2D eigenvalue weighted by Crippen LogP contribution is 2.33. The molecule has 0 saturated carbocycles. The van der Waals surface area contributed by atoms with E-state index >= 15 is 0 Å². The standard InChI is InChI=1S/C23H24N4OS2/c28-21(12-6-14-29-23-25-17-8-1-2-9-18(17)26-23)27-13-5-7-16(15-27)22-24-19-10-3-4-11-20(19)30-22/h1-4,8-11,16H,5-7,12-15H2,(H,25,26). The Morgan fingerprint density at radius 2 is 1.97 bits per heavy atom. The van der Waals surface area contributed by atoms with E-state index in [1.807, 2.05) is 35.2 Å². The third-order valence-electron chi connectivity index (χ3n) is 5.58. The fourth-order valence-corrected chi connectivity index (χ4v) is 5.94. The van der Waals surface area contributed by atoms with Crippen molar-refractivity contribution in [1.82, 2.24) is 19.9 Å². The number of piperidine rings is 1. The molecule has 0 aliphatic carbocycles. The van der Waals surface area contributed by atoms with Gasteiger partial charge in [0.1, 0.15) is 0 Å². The molecular formula is C23H24N4OS2. The van der Waals surface area contributed by atoms with E-state index in [-0.39, 0.29) is 5.91 Å². The second-order valence-corrected chi connectivity index (χ2v) is 9.86. The number of nitrogens with one attached hydrogen (secondary N) is 1. The summed E-state index contributed by atoms with van der Waals surface area (Å²) in [6.45, 7) is 1.67. The average molecular weight is 437 g/mol. The van der Waals surface area contributed by atoms with Gasteiger partial charge in [0.2, 0.25) is 5.91 Å². The first-order chi connectivity index (χ1) is 14.8. The molecule has 2 aromatic heterocycles. The number of H-pyrrole nitrogens is 1. The zero-order chi connectivity index (χ0) is 20.3. The van der Waals surface area contributed by atoms with Crippen LogP contribution in [0.2, 0.25) is 0 Å². The number of fused-ring (bicyclic) bond motifs is 2. The van der Waals surface area contributed by atoms with Crippen LogP contribution in [0.15, 0.2) is 53.7 Å². The van der Waals surface area contributed by atoms with Gasteiger partial charge in [-0.05, 0) is 43.5 Å². The van der Waals surface area contributed by atoms with Gasteiger partial charge in [0.15, 0.2) is 5.16 Å². The number of thiazole rings is 1. The minimum atomic E-state index is 0.269. The number of likely N-dealkylation sites (tertiary alicyclic amines) is 1. The van der Waals surface area contributed by atoms with Gasteiger partial charge in [0.05, 0.1) is 26.3 Å². The van der Waals surface area contributed by atoms with E-state index < -0.39 is 0 Å². The summed E-state index contributed by atoms with van der Waals surface area (Å²) in [6, 6.07) is 16.3. The zero-order valence-electron chi connectivity index (χ0n) is 16.7. The van der Waals surface area contributed by atoms with Crippen LogP contribution in [0.3, 0.4) is 0 Å². The predicted molar refractivity (Wildman–Crippen MR) is 124 cm³/mol. The second kappa shape index (κ2) is 8.78. The number of amides is 1. The topological polar surface area (TPSA) is 61.9 Å². The molecule has 1 amide bonds. The molecule has 30 heavy (non-hydrogen) atoms. The lowest BCUT2D eigenvalue weighted by Crippen LogP contribution is -2.39. The number of aromatic amines is 1. The lowest BCUT2D eigenvalue weighted by molar-refractivity contribution is -0.132. The first kappa shape index (κ1) is 19.6. The molecule has 1 N–H and O–H groups in total. The number of rotatable bonds is 6. The number of imidazole rings is 1. The van der Waals surface area contributed by atoms with Crippen LogP contribution in [-0.2, 0) is 4.79 Å². The summed E-state index contributed by atoms with van der Waals surface area (Å²) in [7, 11) is 0. The monoisotopic (exact) mass is 436 g/mol. The lowest BCUT2D eigenvalue weighted by Gasteiger charge is -2.32. The lowest BCUT2D eigenvalue weighted by atomic mass is 9.98. The van der Waals surface area contributed by atoms with Crippen molar-refractivity contribution < 1.29 is 4.79 Å².